The van der Waals surface area contributed by atoms with Crippen LogP contribution >= 0.6 is 0 Å². The monoisotopic (exact) mass is 366 g/mol. The van der Waals surface area contributed by atoms with Crippen LogP contribution in [0.3, 0.4) is 0 Å². The molecule has 0 aromatic heterocycles. The molecule has 0 bridgehead atoms. The zero-order valence-electron chi connectivity index (χ0n) is 15.9. The molecule has 1 saturated carbocycles. The Morgan fingerprint density at radius 3 is 2.19 bits per heavy atom. The van der Waals surface area contributed by atoms with Gasteiger partial charge in [-0.3, -0.25) is 9.69 Å². The standard InChI is InChI=1S/C22H26N2O3/c1-24(22(26)27-2)20-14-12-19(13-15-20)23-21(25)18-10-8-17(9-11-18)16-6-4-3-5-7-16/h8-16H,3-7H2,1-2H3,(H,23,25). The van der Waals surface area contributed by atoms with E-state index >= 15 is 0 Å². The van der Waals surface area contributed by atoms with Crippen LogP contribution in [0.15, 0.2) is 48.5 Å². The first-order chi connectivity index (χ1) is 13.1. The van der Waals surface area contributed by atoms with Crippen LogP contribution in [0.25, 0.3) is 0 Å². The molecule has 0 saturated heterocycles. The Kier molecular flexibility index (Phi) is 6.12. The van der Waals surface area contributed by atoms with Gasteiger partial charge in [-0.25, -0.2) is 4.79 Å². The minimum absolute atomic E-state index is 0.140. The quantitative estimate of drug-likeness (QED) is 0.810. The Hall–Kier alpha value is -2.82. The third-order valence-corrected chi connectivity index (χ3v) is 5.21. The Morgan fingerprint density at radius 1 is 0.963 bits per heavy atom. The summed E-state index contributed by atoms with van der Waals surface area (Å²) in [6, 6.07) is 15.0. The highest BCUT2D eigenvalue weighted by molar-refractivity contribution is 6.04. The van der Waals surface area contributed by atoms with Crippen molar-refractivity contribution in [3.63, 3.8) is 0 Å². The third-order valence-electron chi connectivity index (χ3n) is 5.21. The lowest BCUT2D eigenvalue weighted by atomic mass is 9.84. The number of nitrogens with zero attached hydrogens (tertiary/aromatic N) is 1. The first-order valence-electron chi connectivity index (χ1n) is 9.41. The molecule has 5 heteroatoms. The average Bonchev–Trinajstić information content (AvgIpc) is 2.74. The molecule has 2 amide bonds. The average molecular weight is 366 g/mol. The van der Waals surface area contributed by atoms with Crippen LogP contribution < -0.4 is 10.2 Å². The van der Waals surface area contributed by atoms with Gasteiger partial charge < -0.3 is 10.1 Å². The second-order valence-electron chi connectivity index (χ2n) is 6.99. The molecular weight excluding hydrogens is 340 g/mol. The summed E-state index contributed by atoms with van der Waals surface area (Å²) in [5, 5.41) is 2.89. The molecule has 0 atom stereocenters. The molecular formula is C22H26N2O3. The van der Waals surface area contributed by atoms with Gasteiger partial charge in [-0.05, 0) is 60.7 Å². The van der Waals surface area contributed by atoms with Crippen molar-refractivity contribution in [1.29, 1.82) is 0 Å². The van der Waals surface area contributed by atoms with E-state index in [4.69, 9.17) is 0 Å². The molecule has 2 aromatic carbocycles. The van der Waals surface area contributed by atoms with Crippen molar-refractivity contribution in [2.75, 3.05) is 24.4 Å². The number of benzene rings is 2. The molecule has 2 aromatic rings. The normalized spacial score (nSPS) is 14.4. The van der Waals surface area contributed by atoms with Gasteiger partial charge >= 0.3 is 6.09 Å². The van der Waals surface area contributed by atoms with Crippen LogP contribution in [0.4, 0.5) is 16.2 Å². The van der Waals surface area contributed by atoms with Crippen molar-refractivity contribution < 1.29 is 14.3 Å². The molecule has 3 rings (SSSR count). The fraction of sp³-hybridized carbons (Fsp3) is 0.364. The van der Waals surface area contributed by atoms with E-state index in [1.165, 1.54) is 49.7 Å². The van der Waals surface area contributed by atoms with Gasteiger partial charge in [-0.2, -0.15) is 0 Å². The molecule has 5 nitrogen and oxygen atoms in total. The van der Waals surface area contributed by atoms with Crippen LogP contribution in [0.2, 0.25) is 0 Å². The molecule has 1 aliphatic rings. The van der Waals surface area contributed by atoms with E-state index in [1.807, 2.05) is 12.1 Å². The fourth-order valence-corrected chi connectivity index (χ4v) is 3.56. The van der Waals surface area contributed by atoms with Crippen LogP contribution in [-0.2, 0) is 4.74 Å². The van der Waals surface area contributed by atoms with E-state index in [-0.39, 0.29) is 5.91 Å². The highest BCUT2D eigenvalue weighted by Crippen LogP contribution is 2.32. The first-order valence-corrected chi connectivity index (χ1v) is 9.41. The number of carbonyl (C=O) groups is 2. The third kappa shape index (κ3) is 4.67. The van der Waals surface area contributed by atoms with Crippen LogP contribution in [0, 0.1) is 0 Å². The molecule has 142 valence electrons. The van der Waals surface area contributed by atoms with Crippen LogP contribution in [0.5, 0.6) is 0 Å². The molecule has 0 heterocycles. The molecule has 0 aliphatic heterocycles. The van der Waals surface area contributed by atoms with E-state index in [1.54, 1.807) is 31.3 Å². The molecule has 27 heavy (non-hydrogen) atoms. The highest BCUT2D eigenvalue weighted by atomic mass is 16.5. The molecule has 1 N–H and O–H groups in total. The van der Waals surface area contributed by atoms with Gasteiger partial charge in [0.1, 0.15) is 0 Å². The number of nitrogens with one attached hydrogen (secondary N) is 1. The van der Waals surface area contributed by atoms with Crippen LogP contribution in [0.1, 0.15) is 53.9 Å². The Labute approximate surface area is 160 Å². The fourth-order valence-electron chi connectivity index (χ4n) is 3.56. The number of rotatable bonds is 4. The van der Waals surface area contributed by atoms with Crippen molar-refractivity contribution in [2.24, 2.45) is 0 Å². The van der Waals surface area contributed by atoms with Gasteiger partial charge in [-0.15, -0.1) is 0 Å². The molecule has 0 unspecified atom stereocenters. The Morgan fingerprint density at radius 2 is 1.59 bits per heavy atom. The summed E-state index contributed by atoms with van der Waals surface area (Å²) in [5.41, 5.74) is 3.35. The van der Waals surface area contributed by atoms with Crippen molar-refractivity contribution >= 4 is 23.4 Å². The second kappa shape index (κ2) is 8.71. The van der Waals surface area contributed by atoms with Gasteiger partial charge in [0, 0.05) is 24.0 Å². The SMILES string of the molecule is COC(=O)N(C)c1ccc(NC(=O)c2ccc(C3CCCCC3)cc2)cc1. The van der Waals surface area contributed by atoms with E-state index in [2.05, 4.69) is 22.2 Å². The van der Waals surface area contributed by atoms with Crippen LogP contribution in [-0.4, -0.2) is 26.2 Å². The summed E-state index contributed by atoms with van der Waals surface area (Å²) in [5.74, 6) is 0.495. The highest BCUT2D eigenvalue weighted by Gasteiger charge is 2.16. The molecule has 0 spiro atoms. The maximum absolute atomic E-state index is 12.5. The summed E-state index contributed by atoms with van der Waals surface area (Å²) in [4.78, 5) is 25.4. The zero-order valence-corrected chi connectivity index (χ0v) is 15.9. The lowest BCUT2D eigenvalue weighted by Gasteiger charge is -2.22. The Bertz CT molecular complexity index is 778. The van der Waals surface area contributed by atoms with Gasteiger partial charge in [0.2, 0.25) is 0 Å². The summed E-state index contributed by atoms with van der Waals surface area (Å²) < 4.78 is 4.69. The lowest BCUT2D eigenvalue weighted by molar-refractivity contribution is 0.102. The van der Waals surface area contributed by atoms with E-state index in [9.17, 15) is 9.59 Å². The number of amides is 2. The first kappa shape index (κ1) is 19.0. The minimum atomic E-state index is -0.440. The maximum Gasteiger partial charge on any atom is 0.413 e. The molecule has 1 fully saturated rings. The number of anilines is 2. The van der Waals surface area contributed by atoms with Crippen molar-refractivity contribution in [3.05, 3.63) is 59.7 Å². The largest absolute Gasteiger partial charge is 0.452 e. The van der Waals surface area contributed by atoms with Gasteiger partial charge in [-0.1, -0.05) is 31.4 Å². The van der Waals surface area contributed by atoms with Gasteiger partial charge in [0.15, 0.2) is 0 Å². The number of hydrogen-bond acceptors (Lipinski definition) is 3. The summed E-state index contributed by atoms with van der Waals surface area (Å²) in [6.45, 7) is 0. The van der Waals surface area contributed by atoms with E-state index < -0.39 is 6.09 Å². The molecule has 0 radical (unpaired) electrons. The summed E-state index contributed by atoms with van der Waals surface area (Å²) in [7, 11) is 2.97. The summed E-state index contributed by atoms with van der Waals surface area (Å²) >= 11 is 0. The number of methoxy groups -OCH3 is 1. The number of hydrogen-bond donors (Lipinski definition) is 1. The Balaban J connectivity index is 1.62. The zero-order chi connectivity index (χ0) is 19.2. The van der Waals surface area contributed by atoms with Gasteiger partial charge in [0.25, 0.3) is 5.91 Å². The van der Waals surface area contributed by atoms with Crippen molar-refractivity contribution in [2.45, 2.75) is 38.0 Å². The summed E-state index contributed by atoms with van der Waals surface area (Å²) in [6.07, 6.45) is 5.99. The smallest absolute Gasteiger partial charge is 0.413 e. The predicted molar refractivity (Wildman–Crippen MR) is 107 cm³/mol. The predicted octanol–water partition coefficient (Wildman–Crippen LogP) is 5.19. The van der Waals surface area contributed by atoms with E-state index in [0.717, 1.165) is 0 Å². The topological polar surface area (TPSA) is 58.6 Å². The minimum Gasteiger partial charge on any atom is -0.452 e. The van der Waals surface area contributed by atoms with Crippen molar-refractivity contribution in [1.82, 2.24) is 0 Å². The lowest BCUT2D eigenvalue weighted by Crippen LogP contribution is -2.25. The maximum atomic E-state index is 12.5. The second-order valence-corrected chi connectivity index (χ2v) is 6.99. The van der Waals surface area contributed by atoms with Crippen molar-refractivity contribution in [3.8, 4) is 0 Å². The number of carbonyl (C=O) groups excluding carboxylic acids is 2. The van der Waals surface area contributed by atoms with Gasteiger partial charge in [0.05, 0.1) is 7.11 Å². The van der Waals surface area contributed by atoms with E-state index in [0.29, 0.717) is 22.9 Å². The number of ether oxygens (including phenoxy) is 1. The molecule has 1 aliphatic carbocycles.